The first-order valence-electron chi connectivity index (χ1n) is 4.11. The molecule has 0 spiro atoms. The highest BCUT2D eigenvalue weighted by Crippen LogP contribution is 2.23. The number of ether oxygens (including phenoxy) is 1. The van der Waals surface area contributed by atoms with Crippen molar-refractivity contribution in [1.29, 1.82) is 0 Å². The predicted molar refractivity (Wildman–Crippen MR) is 56.1 cm³/mol. The number of aromatic nitrogens is 1. The summed E-state index contributed by atoms with van der Waals surface area (Å²) in [4.78, 5) is 8.10. The second kappa shape index (κ2) is 3.85. The van der Waals surface area contributed by atoms with Crippen molar-refractivity contribution in [2.45, 2.75) is 12.6 Å². The van der Waals surface area contributed by atoms with Gasteiger partial charge in [0, 0.05) is 25.3 Å². The standard InChI is InChI=1S/C9H8Cl2N2O/c1-14-8-3-5-2-7(10)12-4-6(5)9(11)13-8/h2,4,8H,3H2,1H3. The molecule has 0 bridgehead atoms. The summed E-state index contributed by atoms with van der Waals surface area (Å²) in [7, 11) is 1.60. The molecule has 0 N–H and O–H groups in total. The number of hydrogen-bond acceptors (Lipinski definition) is 3. The fourth-order valence-corrected chi connectivity index (χ4v) is 1.85. The molecular weight excluding hydrogens is 223 g/mol. The summed E-state index contributed by atoms with van der Waals surface area (Å²) in [6.45, 7) is 0. The molecular formula is C9H8Cl2N2O. The predicted octanol–water partition coefficient (Wildman–Crippen LogP) is 2.25. The van der Waals surface area contributed by atoms with E-state index in [4.69, 9.17) is 27.9 Å². The first-order chi connectivity index (χ1) is 6.70. The van der Waals surface area contributed by atoms with E-state index in [-0.39, 0.29) is 6.23 Å². The van der Waals surface area contributed by atoms with Crippen LogP contribution in [0.5, 0.6) is 0 Å². The maximum atomic E-state index is 5.96. The van der Waals surface area contributed by atoms with Gasteiger partial charge in [-0.3, -0.25) is 0 Å². The minimum Gasteiger partial charge on any atom is -0.359 e. The Hall–Kier alpha value is -0.640. The van der Waals surface area contributed by atoms with Crippen LogP contribution in [0.2, 0.25) is 5.15 Å². The SMILES string of the molecule is COC1Cc2cc(Cl)ncc2C(Cl)=N1. The van der Waals surface area contributed by atoms with Crippen molar-refractivity contribution in [3.8, 4) is 0 Å². The average Bonchev–Trinajstić information content (AvgIpc) is 2.16. The number of hydrogen-bond donors (Lipinski definition) is 0. The molecule has 0 aromatic carbocycles. The molecule has 0 amide bonds. The number of methoxy groups -OCH3 is 1. The van der Waals surface area contributed by atoms with E-state index in [1.54, 1.807) is 19.4 Å². The lowest BCUT2D eigenvalue weighted by molar-refractivity contribution is 0.110. The molecule has 1 aromatic rings. The van der Waals surface area contributed by atoms with E-state index < -0.39 is 0 Å². The monoisotopic (exact) mass is 230 g/mol. The van der Waals surface area contributed by atoms with E-state index in [1.807, 2.05) is 0 Å². The minimum absolute atomic E-state index is 0.214. The normalized spacial score (nSPS) is 20.2. The number of halogens is 2. The second-order valence-electron chi connectivity index (χ2n) is 2.98. The van der Waals surface area contributed by atoms with Crippen molar-refractivity contribution in [2.24, 2.45) is 4.99 Å². The molecule has 1 aliphatic heterocycles. The number of fused-ring (bicyclic) bond motifs is 1. The van der Waals surface area contributed by atoms with Crippen LogP contribution in [-0.2, 0) is 11.2 Å². The molecule has 1 aromatic heterocycles. The van der Waals surface area contributed by atoms with E-state index >= 15 is 0 Å². The first kappa shape index (κ1) is 9.90. The first-order valence-corrected chi connectivity index (χ1v) is 4.87. The summed E-state index contributed by atoms with van der Waals surface area (Å²) in [5, 5.41) is 0.896. The van der Waals surface area contributed by atoms with E-state index in [0.717, 1.165) is 11.1 Å². The van der Waals surface area contributed by atoms with Crippen LogP contribution in [0.4, 0.5) is 0 Å². The van der Waals surface area contributed by atoms with Gasteiger partial charge in [0.15, 0.2) is 6.23 Å². The van der Waals surface area contributed by atoms with Crippen LogP contribution in [0.25, 0.3) is 0 Å². The Labute approximate surface area is 91.7 Å². The quantitative estimate of drug-likeness (QED) is 0.694. The zero-order valence-electron chi connectivity index (χ0n) is 7.50. The Bertz CT molecular complexity index is 392. The van der Waals surface area contributed by atoms with Crippen LogP contribution in [0.15, 0.2) is 17.3 Å². The van der Waals surface area contributed by atoms with E-state index in [2.05, 4.69) is 9.98 Å². The minimum atomic E-state index is -0.214. The van der Waals surface area contributed by atoms with Crippen molar-refractivity contribution in [3.63, 3.8) is 0 Å². The molecule has 0 saturated carbocycles. The van der Waals surface area contributed by atoms with Crippen LogP contribution >= 0.6 is 23.2 Å². The van der Waals surface area contributed by atoms with Gasteiger partial charge in [-0.15, -0.1) is 0 Å². The molecule has 0 saturated heterocycles. The second-order valence-corrected chi connectivity index (χ2v) is 3.72. The third-order valence-corrected chi connectivity index (χ3v) is 2.61. The van der Waals surface area contributed by atoms with Crippen molar-refractivity contribution in [3.05, 3.63) is 28.5 Å². The van der Waals surface area contributed by atoms with Crippen LogP contribution in [0.1, 0.15) is 11.1 Å². The average molecular weight is 231 g/mol. The largest absolute Gasteiger partial charge is 0.359 e. The Balaban J connectivity index is 2.45. The van der Waals surface area contributed by atoms with Gasteiger partial charge in [-0.2, -0.15) is 0 Å². The summed E-state index contributed by atoms with van der Waals surface area (Å²) in [6, 6.07) is 1.79. The summed E-state index contributed by atoms with van der Waals surface area (Å²) in [5.74, 6) is 0. The summed E-state index contributed by atoms with van der Waals surface area (Å²) in [5.41, 5.74) is 1.86. The molecule has 0 fully saturated rings. The van der Waals surface area contributed by atoms with E-state index in [0.29, 0.717) is 16.7 Å². The Morgan fingerprint density at radius 1 is 1.50 bits per heavy atom. The highest BCUT2D eigenvalue weighted by atomic mass is 35.5. The van der Waals surface area contributed by atoms with Crippen LogP contribution < -0.4 is 0 Å². The van der Waals surface area contributed by atoms with Gasteiger partial charge in [-0.05, 0) is 11.6 Å². The molecule has 0 aliphatic carbocycles. The van der Waals surface area contributed by atoms with Gasteiger partial charge in [0.25, 0.3) is 0 Å². The molecule has 74 valence electrons. The third kappa shape index (κ3) is 1.75. The van der Waals surface area contributed by atoms with Gasteiger partial charge in [-0.25, -0.2) is 9.98 Å². The number of nitrogens with zero attached hydrogens (tertiary/aromatic N) is 2. The fourth-order valence-electron chi connectivity index (χ4n) is 1.39. The molecule has 0 radical (unpaired) electrons. The molecule has 14 heavy (non-hydrogen) atoms. The summed E-state index contributed by atoms with van der Waals surface area (Å²) < 4.78 is 5.12. The lowest BCUT2D eigenvalue weighted by Gasteiger charge is -2.19. The van der Waals surface area contributed by atoms with Gasteiger partial charge < -0.3 is 4.74 Å². The number of aliphatic imine (C=N–C) groups is 1. The summed E-state index contributed by atoms with van der Waals surface area (Å²) >= 11 is 11.7. The van der Waals surface area contributed by atoms with Crippen molar-refractivity contribution in [1.82, 2.24) is 4.98 Å². The number of pyridine rings is 1. The fraction of sp³-hybridized carbons (Fsp3) is 0.333. The van der Waals surface area contributed by atoms with Gasteiger partial charge in [0.1, 0.15) is 10.3 Å². The van der Waals surface area contributed by atoms with E-state index in [1.165, 1.54) is 0 Å². The Morgan fingerprint density at radius 2 is 2.29 bits per heavy atom. The Morgan fingerprint density at radius 3 is 3.00 bits per heavy atom. The molecule has 1 aliphatic rings. The van der Waals surface area contributed by atoms with Gasteiger partial charge in [0.05, 0.1) is 0 Å². The highest BCUT2D eigenvalue weighted by Gasteiger charge is 2.19. The van der Waals surface area contributed by atoms with Gasteiger partial charge >= 0.3 is 0 Å². The maximum Gasteiger partial charge on any atom is 0.153 e. The molecule has 2 heterocycles. The van der Waals surface area contributed by atoms with Crippen LogP contribution in [-0.4, -0.2) is 23.5 Å². The lowest BCUT2D eigenvalue weighted by Crippen LogP contribution is -2.20. The van der Waals surface area contributed by atoms with Crippen molar-refractivity contribution in [2.75, 3.05) is 7.11 Å². The molecule has 1 unspecified atom stereocenters. The number of rotatable bonds is 1. The third-order valence-electron chi connectivity index (χ3n) is 2.10. The van der Waals surface area contributed by atoms with Gasteiger partial charge in [0.2, 0.25) is 0 Å². The van der Waals surface area contributed by atoms with Crippen molar-refractivity contribution < 1.29 is 4.74 Å². The molecule has 2 rings (SSSR count). The smallest absolute Gasteiger partial charge is 0.153 e. The zero-order valence-corrected chi connectivity index (χ0v) is 9.01. The van der Waals surface area contributed by atoms with Gasteiger partial charge in [-0.1, -0.05) is 23.2 Å². The molecule has 3 nitrogen and oxygen atoms in total. The molecule has 5 heteroatoms. The summed E-state index contributed by atoms with van der Waals surface area (Å²) in [6.07, 6.45) is 2.10. The van der Waals surface area contributed by atoms with E-state index in [9.17, 15) is 0 Å². The van der Waals surface area contributed by atoms with Crippen LogP contribution in [0.3, 0.4) is 0 Å². The van der Waals surface area contributed by atoms with Crippen molar-refractivity contribution >= 4 is 28.4 Å². The highest BCUT2D eigenvalue weighted by molar-refractivity contribution is 6.69. The van der Waals surface area contributed by atoms with Crippen LogP contribution in [0, 0.1) is 0 Å². The topological polar surface area (TPSA) is 34.5 Å². The maximum absolute atomic E-state index is 5.96. The lowest BCUT2D eigenvalue weighted by atomic mass is 10.1. The molecule has 1 atom stereocenters. The Kier molecular flexibility index (Phi) is 2.72. The zero-order chi connectivity index (χ0) is 10.1.